The standard InChI is InChI=1S/C17H20N2O2/c1-4-19(15-9-5-13(2)6-10-15)18-17(20)14-7-11-16(21-3)12-8-14/h5-12H,4H2,1-3H3,(H,18,20). The van der Waals surface area contributed by atoms with Gasteiger partial charge in [-0.15, -0.1) is 0 Å². The number of ether oxygens (including phenoxy) is 1. The van der Waals surface area contributed by atoms with Crippen LogP contribution in [0.5, 0.6) is 5.75 Å². The molecule has 110 valence electrons. The predicted molar refractivity (Wildman–Crippen MR) is 84.7 cm³/mol. The Bertz CT molecular complexity index is 591. The van der Waals surface area contributed by atoms with E-state index in [2.05, 4.69) is 5.43 Å². The second-order valence-electron chi connectivity index (χ2n) is 4.75. The smallest absolute Gasteiger partial charge is 0.269 e. The molecule has 0 bridgehead atoms. The Morgan fingerprint density at radius 1 is 1.10 bits per heavy atom. The van der Waals surface area contributed by atoms with Crippen molar-refractivity contribution in [3.05, 3.63) is 59.7 Å². The summed E-state index contributed by atoms with van der Waals surface area (Å²) in [5, 5.41) is 1.83. The van der Waals surface area contributed by atoms with Crippen molar-refractivity contribution in [1.29, 1.82) is 0 Å². The zero-order chi connectivity index (χ0) is 15.2. The van der Waals surface area contributed by atoms with Gasteiger partial charge in [0.25, 0.3) is 5.91 Å². The molecule has 4 heteroatoms. The van der Waals surface area contributed by atoms with E-state index in [0.717, 1.165) is 11.4 Å². The lowest BCUT2D eigenvalue weighted by atomic mass is 10.2. The van der Waals surface area contributed by atoms with Crippen LogP contribution in [-0.4, -0.2) is 19.6 Å². The summed E-state index contributed by atoms with van der Waals surface area (Å²) in [6.45, 7) is 4.72. The molecule has 2 rings (SSSR count). The van der Waals surface area contributed by atoms with Crippen LogP contribution in [0.3, 0.4) is 0 Å². The van der Waals surface area contributed by atoms with Gasteiger partial charge in [-0.2, -0.15) is 0 Å². The maximum atomic E-state index is 12.3. The molecule has 0 radical (unpaired) electrons. The van der Waals surface area contributed by atoms with Crippen LogP contribution in [0.2, 0.25) is 0 Å². The number of hydrogen-bond acceptors (Lipinski definition) is 3. The minimum atomic E-state index is -0.139. The van der Waals surface area contributed by atoms with Gasteiger partial charge in [0.15, 0.2) is 0 Å². The third-order valence-corrected chi connectivity index (χ3v) is 3.25. The van der Waals surface area contributed by atoms with Crippen molar-refractivity contribution >= 4 is 11.6 Å². The van der Waals surface area contributed by atoms with Crippen LogP contribution in [0.25, 0.3) is 0 Å². The fraction of sp³-hybridized carbons (Fsp3) is 0.235. The first-order chi connectivity index (χ1) is 10.1. The monoisotopic (exact) mass is 284 g/mol. The quantitative estimate of drug-likeness (QED) is 0.857. The van der Waals surface area contributed by atoms with Gasteiger partial charge in [0.1, 0.15) is 5.75 Å². The van der Waals surface area contributed by atoms with E-state index in [0.29, 0.717) is 12.1 Å². The molecule has 0 aliphatic carbocycles. The third kappa shape index (κ3) is 3.75. The first kappa shape index (κ1) is 14.9. The van der Waals surface area contributed by atoms with Crippen molar-refractivity contribution in [2.24, 2.45) is 0 Å². The van der Waals surface area contributed by atoms with E-state index in [9.17, 15) is 4.79 Å². The van der Waals surface area contributed by atoms with Crippen molar-refractivity contribution in [3.8, 4) is 5.75 Å². The molecular weight excluding hydrogens is 264 g/mol. The highest BCUT2D eigenvalue weighted by Crippen LogP contribution is 2.14. The number of anilines is 1. The van der Waals surface area contributed by atoms with Crippen molar-refractivity contribution < 1.29 is 9.53 Å². The van der Waals surface area contributed by atoms with Gasteiger partial charge in [-0.25, -0.2) is 0 Å². The highest BCUT2D eigenvalue weighted by Gasteiger charge is 2.10. The number of rotatable bonds is 5. The van der Waals surface area contributed by atoms with Crippen LogP contribution in [0.1, 0.15) is 22.8 Å². The van der Waals surface area contributed by atoms with Crippen LogP contribution in [0.4, 0.5) is 5.69 Å². The predicted octanol–water partition coefficient (Wildman–Crippen LogP) is 3.17. The molecule has 0 saturated heterocycles. The number of nitrogens with zero attached hydrogens (tertiary/aromatic N) is 1. The fourth-order valence-electron chi connectivity index (χ4n) is 1.98. The molecule has 0 unspecified atom stereocenters. The first-order valence-electron chi connectivity index (χ1n) is 6.93. The summed E-state index contributed by atoms with van der Waals surface area (Å²) in [7, 11) is 1.60. The lowest BCUT2D eigenvalue weighted by Gasteiger charge is -2.24. The molecule has 0 fully saturated rings. The SMILES string of the molecule is CCN(NC(=O)c1ccc(OC)cc1)c1ccc(C)cc1. The second kappa shape index (κ2) is 6.79. The maximum absolute atomic E-state index is 12.3. The molecule has 0 spiro atoms. The molecule has 0 aliphatic rings. The number of methoxy groups -OCH3 is 1. The second-order valence-corrected chi connectivity index (χ2v) is 4.75. The van der Waals surface area contributed by atoms with E-state index in [4.69, 9.17) is 4.74 Å². The van der Waals surface area contributed by atoms with Crippen molar-refractivity contribution in [2.45, 2.75) is 13.8 Å². The Morgan fingerprint density at radius 2 is 1.71 bits per heavy atom. The summed E-state index contributed by atoms with van der Waals surface area (Å²) < 4.78 is 5.09. The van der Waals surface area contributed by atoms with E-state index in [1.807, 2.05) is 43.1 Å². The summed E-state index contributed by atoms with van der Waals surface area (Å²) in [5.41, 5.74) is 5.66. The van der Waals surface area contributed by atoms with Crippen LogP contribution in [0, 0.1) is 6.92 Å². The lowest BCUT2D eigenvalue weighted by Crippen LogP contribution is -2.42. The summed E-state index contributed by atoms with van der Waals surface area (Å²) in [5.74, 6) is 0.595. The molecule has 0 heterocycles. The van der Waals surface area contributed by atoms with Gasteiger partial charge in [-0.1, -0.05) is 17.7 Å². The topological polar surface area (TPSA) is 41.6 Å². The fourth-order valence-corrected chi connectivity index (χ4v) is 1.98. The van der Waals surface area contributed by atoms with Crippen LogP contribution in [-0.2, 0) is 0 Å². The molecule has 0 atom stereocenters. The highest BCUT2D eigenvalue weighted by atomic mass is 16.5. The number of hydrazine groups is 1. The Labute approximate surface area is 125 Å². The van der Waals surface area contributed by atoms with E-state index in [-0.39, 0.29) is 5.91 Å². The summed E-state index contributed by atoms with van der Waals surface area (Å²) >= 11 is 0. The van der Waals surface area contributed by atoms with Crippen LogP contribution < -0.4 is 15.2 Å². The molecule has 0 aromatic heterocycles. The summed E-state index contributed by atoms with van der Waals surface area (Å²) in [6.07, 6.45) is 0. The Kier molecular flexibility index (Phi) is 4.82. The minimum Gasteiger partial charge on any atom is -0.497 e. The number of nitrogens with one attached hydrogen (secondary N) is 1. The first-order valence-corrected chi connectivity index (χ1v) is 6.93. The van der Waals surface area contributed by atoms with Crippen LogP contribution >= 0.6 is 0 Å². The largest absolute Gasteiger partial charge is 0.497 e. The number of aryl methyl sites for hydroxylation is 1. The van der Waals surface area contributed by atoms with E-state index < -0.39 is 0 Å². The molecule has 2 aromatic carbocycles. The zero-order valence-corrected chi connectivity index (χ0v) is 12.6. The van der Waals surface area contributed by atoms with Gasteiger partial charge in [0.05, 0.1) is 12.8 Å². The highest BCUT2D eigenvalue weighted by molar-refractivity contribution is 5.95. The van der Waals surface area contributed by atoms with E-state index >= 15 is 0 Å². The van der Waals surface area contributed by atoms with E-state index in [1.165, 1.54) is 5.56 Å². The van der Waals surface area contributed by atoms with Crippen molar-refractivity contribution in [1.82, 2.24) is 5.43 Å². The number of amides is 1. The van der Waals surface area contributed by atoms with Gasteiger partial charge in [-0.05, 0) is 50.2 Å². The number of carbonyl (C=O) groups is 1. The van der Waals surface area contributed by atoms with Gasteiger partial charge in [0.2, 0.25) is 0 Å². The van der Waals surface area contributed by atoms with Crippen LogP contribution in [0.15, 0.2) is 48.5 Å². The van der Waals surface area contributed by atoms with Crippen molar-refractivity contribution in [2.75, 3.05) is 18.7 Å². The van der Waals surface area contributed by atoms with Gasteiger partial charge in [-0.3, -0.25) is 15.2 Å². The van der Waals surface area contributed by atoms with Crippen molar-refractivity contribution in [3.63, 3.8) is 0 Å². The Hall–Kier alpha value is -2.49. The summed E-state index contributed by atoms with van der Waals surface area (Å²) in [4.78, 5) is 12.3. The number of hydrogen-bond donors (Lipinski definition) is 1. The molecule has 21 heavy (non-hydrogen) atoms. The molecular formula is C17H20N2O2. The van der Waals surface area contributed by atoms with Gasteiger partial charge in [0, 0.05) is 12.1 Å². The third-order valence-electron chi connectivity index (χ3n) is 3.25. The molecule has 1 N–H and O–H groups in total. The van der Waals surface area contributed by atoms with Gasteiger partial charge >= 0.3 is 0 Å². The average Bonchev–Trinajstić information content (AvgIpc) is 2.53. The molecule has 4 nitrogen and oxygen atoms in total. The zero-order valence-electron chi connectivity index (χ0n) is 12.6. The lowest BCUT2D eigenvalue weighted by molar-refractivity contribution is 0.0949. The average molecular weight is 284 g/mol. The normalized spacial score (nSPS) is 10.0. The maximum Gasteiger partial charge on any atom is 0.269 e. The Morgan fingerprint density at radius 3 is 2.24 bits per heavy atom. The minimum absolute atomic E-state index is 0.139. The molecule has 0 saturated carbocycles. The summed E-state index contributed by atoms with van der Waals surface area (Å²) in [6, 6.07) is 15.1. The number of benzene rings is 2. The van der Waals surface area contributed by atoms with E-state index in [1.54, 1.807) is 31.4 Å². The Balaban J connectivity index is 2.10. The molecule has 0 aliphatic heterocycles. The number of carbonyl (C=O) groups excluding carboxylic acids is 1. The molecule has 1 amide bonds. The van der Waals surface area contributed by atoms with Gasteiger partial charge < -0.3 is 4.74 Å². The molecule has 2 aromatic rings.